The zero-order valence-electron chi connectivity index (χ0n) is 12.4. The Morgan fingerprint density at radius 3 is 2.21 bits per heavy atom. The van der Waals surface area contributed by atoms with E-state index in [0.717, 1.165) is 51.2 Å². The molecule has 19 heavy (non-hydrogen) atoms. The van der Waals surface area contributed by atoms with Gasteiger partial charge in [0.25, 0.3) is 0 Å². The Morgan fingerprint density at radius 1 is 0.895 bits per heavy atom. The lowest BCUT2D eigenvalue weighted by molar-refractivity contribution is -0.117. The molecular formula is C16H29NO2. The number of rotatable bonds is 13. The van der Waals surface area contributed by atoms with Crippen LogP contribution in [0, 0.1) is 0 Å². The number of aliphatic imine (C=N–C) groups is 1. The van der Waals surface area contributed by atoms with Crippen LogP contribution in [0.2, 0.25) is 0 Å². The van der Waals surface area contributed by atoms with Crippen molar-refractivity contribution in [3.8, 4) is 0 Å². The molecule has 0 radical (unpaired) electrons. The van der Waals surface area contributed by atoms with E-state index in [9.17, 15) is 9.59 Å². The van der Waals surface area contributed by atoms with Crippen LogP contribution in [0.3, 0.4) is 0 Å². The molecule has 0 fully saturated rings. The van der Waals surface area contributed by atoms with Crippen molar-refractivity contribution < 1.29 is 9.59 Å². The molecule has 3 nitrogen and oxygen atoms in total. The second kappa shape index (κ2) is 15.1. The van der Waals surface area contributed by atoms with Crippen LogP contribution in [0.25, 0.3) is 0 Å². The van der Waals surface area contributed by atoms with E-state index >= 15 is 0 Å². The predicted molar refractivity (Wildman–Crippen MR) is 80.6 cm³/mol. The predicted octanol–water partition coefficient (Wildman–Crippen LogP) is 4.48. The molecule has 0 aliphatic heterocycles. The number of carbonyl (C=O) groups is 2. The molecule has 0 aromatic heterocycles. The van der Waals surface area contributed by atoms with Crippen molar-refractivity contribution in [2.45, 2.75) is 84.0 Å². The highest BCUT2D eigenvalue weighted by atomic mass is 16.1. The summed E-state index contributed by atoms with van der Waals surface area (Å²) in [6, 6.07) is 0. The first-order chi connectivity index (χ1) is 9.31. The highest BCUT2D eigenvalue weighted by Gasteiger charge is 1.98. The second-order valence-corrected chi connectivity index (χ2v) is 5.03. The summed E-state index contributed by atoms with van der Waals surface area (Å²) >= 11 is 0. The number of nitrogens with zero attached hydrogens (tertiary/aromatic N) is 1. The van der Waals surface area contributed by atoms with Gasteiger partial charge in [0.05, 0.1) is 0 Å². The van der Waals surface area contributed by atoms with Crippen LogP contribution in [-0.2, 0) is 9.59 Å². The summed E-state index contributed by atoms with van der Waals surface area (Å²) in [6.45, 7) is 2.17. The molecule has 0 aliphatic rings. The molecule has 0 saturated heterocycles. The van der Waals surface area contributed by atoms with Crippen LogP contribution in [0.15, 0.2) is 4.99 Å². The van der Waals surface area contributed by atoms with E-state index in [0.29, 0.717) is 12.8 Å². The van der Waals surface area contributed by atoms with Crippen molar-refractivity contribution in [2.75, 3.05) is 0 Å². The minimum absolute atomic E-state index is 0.0254. The number of unbranched alkanes of at least 4 members (excludes halogenated alkanes) is 9. The minimum atomic E-state index is 0.0254. The lowest BCUT2D eigenvalue weighted by atomic mass is 10.1. The summed E-state index contributed by atoms with van der Waals surface area (Å²) in [7, 11) is 0. The number of aldehydes is 1. The molecule has 0 rings (SSSR count). The van der Waals surface area contributed by atoms with Crippen molar-refractivity contribution >= 4 is 18.4 Å². The van der Waals surface area contributed by atoms with Crippen molar-refractivity contribution in [1.29, 1.82) is 0 Å². The first kappa shape index (κ1) is 18.0. The van der Waals surface area contributed by atoms with Gasteiger partial charge in [-0.15, -0.1) is 0 Å². The van der Waals surface area contributed by atoms with Crippen LogP contribution in [0.4, 0.5) is 0 Å². The molecular weight excluding hydrogens is 238 g/mol. The van der Waals surface area contributed by atoms with Gasteiger partial charge in [-0.25, -0.2) is 4.99 Å². The summed E-state index contributed by atoms with van der Waals surface area (Å²) in [4.78, 5) is 25.5. The van der Waals surface area contributed by atoms with Gasteiger partial charge in [-0.1, -0.05) is 45.4 Å². The average Bonchev–Trinajstić information content (AvgIpc) is 2.41. The van der Waals surface area contributed by atoms with E-state index in [1.807, 2.05) is 0 Å². The summed E-state index contributed by atoms with van der Waals surface area (Å²) in [5.74, 6) is 0.0254. The number of hydrogen-bond acceptors (Lipinski definition) is 2. The van der Waals surface area contributed by atoms with Crippen LogP contribution in [0.1, 0.15) is 84.0 Å². The Balaban J connectivity index is 3.26. The Bertz CT molecular complexity index is 249. The van der Waals surface area contributed by atoms with E-state index < -0.39 is 0 Å². The molecule has 0 aromatic rings. The first-order valence-electron chi connectivity index (χ1n) is 7.80. The largest absolute Gasteiger partial charge is 0.303 e. The minimum Gasteiger partial charge on any atom is -0.303 e. The molecule has 0 unspecified atom stereocenters. The van der Waals surface area contributed by atoms with E-state index in [1.165, 1.54) is 19.3 Å². The number of carbonyl (C=O) groups excluding carboxylic acids is 2. The average molecular weight is 267 g/mol. The van der Waals surface area contributed by atoms with Crippen LogP contribution in [0.5, 0.6) is 0 Å². The fourth-order valence-corrected chi connectivity index (χ4v) is 1.93. The maximum atomic E-state index is 11.4. The quantitative estimate of drug-likeness (QED) is 0.280. The van der Waals surface area contributed by atoms with E-state index in [-0.39, 0.29) is 5.91 Å². The Morgan fingerprint density at radius 2 is 1.53 bits per heavy atom. The molecule has 0 bridgehead atoms. The van der Waals surface area contributed by atoms with Crippen LogP contribution < -0.4 is 0 Å². The van der Waals surface area contributed by atoms with Gasteiger partial charge in [-0.2, -0.15) is 0 Å². The molecule has 0 aromatic carbocycles. The third-order valence-electron chi connectivity index (χ3n) is 3.13. The third-order valence-corrected chi connectivity index (χ3v) is 3.13. The van der Waals surface area contributed by atoms with Gasteiger partial charge in [-0.05, 0) is 25.7 Å². The lowest BCUT2D eigenvalue weighted by Gasteiger charge is -1.99. The summed E-state index contributed by atoms with van der Waals surface area (Å²) in [5, 5.41) is 0. The van der Waals surface area contributed by atoms with Crippen LogP contribution in [-0.4, -0.2) is 18.4 Å². The van der Waals surface area contributed by atoms with Crippen molar-refractivity contribution in [2.24, 2.45) is 4.99 Å². The molecule has 0 N–H and O–H groups in total. The fraction of sp³-hybridized carbons (Fsp3) is 0.812. The second-order valence-electron chi connectivity index (χ2n) is 5.03. The van der Waals surface area contributed by atoms with Crippen molar-refractivity contribution in [1.82, 2.24) is 0 Å². The standard InChI is InChI=1S/C16H29NO2/c1-2-3-4-11-14-17-16(19)13-10-8-6-5-7-9-12-15-18/h14-15H,2-13H2,1H3. The van der Waals surface area contributed by atoms with E-state index in [2.05, 4.69) is 11.9 Å². The first-order valence-corrected chi connectivity index (χ1v) is 7.80. The molecule has 3 heteroatoms. The monoisotopic (exact) mass is 267 g/mol. The smallest absolute Gasteiger partial charge is 0.245 e. The fourth-order valence-electron chi connectivity index (χ4n) is 1.93. The molecule has 1 amide bonds. The zero-order valence-corrected chi connectivity index (χ0v) is 12.4. The Hall–Kier alpha value is -0.990. The number of amides is 1. The molecule has 0 atom stereocenters. The normalized spacial score (nSPS) is 11.0. The Kier molecular flexibility index (Phi) is 14.3. The summed E-state index contributed by atoms with van der Waals surface area (Å²) < 4.78 is 0. The molecule has 0 aliphatic carbocycles. The van der Waals surface area contributed by atoms with Gasteiger partial charge in [0.2, 0.25) is 5.91 Å². The van der Waals surface area contributed by atoms with Gasteiger partial charge < -0.3 is 4.79 Å². The maximum Gasteiger partial charge on any atom is 0.245 e. The number of hydrogen-bond donors (Lipinski definition) is 0. The summed E-state index contributed by atoms with van der Waals surface area (Å²) in [6.07, 6.45) is 15.0. The molecule has 110 valence electrons. The lowest BCUT2D eigenvalue weighted by Crippen LogP contribution is -1.94. The topological polar surface area (TPSA) is 46.5 Å². The van der Waals surface area contributed by atoms with Gasteiger partial charge in [0.15, 0.2) is 0 Å². The Labute approximate surface area is 117 Å². The SMILES string of the molecule is CCCCCC=NC(=O)CCCCCCCCC=O. The van der Waals surface area contributed by atoms with Crippen molar-refractivity contribution in [3.05, 3.63) is 0 Å². The van der Waals surface area contributed by atoms with Gasteiger partial charge in [0.1, 0.15) is 6.29 Å². The molecule has 0 saturated carbocycles. The summed E-state index contributed by atoms with van der Waals surface area (Å²) in [5.41, 5.74) is 0. The third kappa shape index (κ3) is 15.0. The maximum absolute atomic E-state index is 11.4. The van der Waals surface area contributed by atoms with Gasteiger partial charge in [0, 0.05) is 19.1 Å². The highest BCUT2D eigenvalue weighted by Crippen LogP contribution is 2.08. The van der Waals surface area contributed by atoms with Gasteiger partial charge in [-0.3, -0.25) is 4.79 Å². The van der Waals surface area contributed by atoms with Crippen LogP contribution >= 0.6 is 0 Å². The zero-order chi connectivity index (χ0) is 14.2. The van der Waals surface area contributed by atoms with E-state index in [1.54, 1.807) is 6.21 Å². The van der Waals surface area contributed by atoms with Gasteiger partial charge >= 0.3 is 0 Å². The van der Waals surface area contributed by atoms with E-state index in [4.69, 9.17) is 0 Å². The van der Waals surface area contributed by atoms with Crippen molar-refractivity contribution in [3.63, 3.8) is 0 Å². The molecule has 0 spiro atoms. The highest BCUT2D eigenvalue weighted by molar-refractivity contribution is 5.84. The molecule has 0 heterocycles.